The Hall–Kier alpha value is -1.92. The van der Waals surface area contributed by atoms with E-state index in [4.69, 9.17) is 38.1 Å². The molecule has 1 aromatic carbocycles. The molecular formula is C10H15N3O7S. The van der Waals surface area contributed by atoms with Gasteiger partial charge in [0.05, 0.1) is 0 Å². The van der Waals surface area contributed by atoms with E-state index in [0.717, 1.165) is 5.56 Å². The smallest absolute Gasteiger partial charge is 0.434 e. The van der Waals surface area contributed by atoms with Crippen LogP contribution in [0.2, 0.25) is 0 Å². The molecule has 1 unspecified atom stereocenters. The Morgan fingerprint density at radius 2 is 2.00 bits per heavy atom. The van der Waals surface area contributed by atoms with Crippen molar-refractivity contribution in [1.29, 1.82) is 0 Å². The van der Waals surface area contributed by atoms with E-state index in [9.17, 15) is 5.11 Å². The van der Waals surface area contributed by atoms with Crippen LogP contribution in [0.1, 0.15) is 11.7 Å². The molecule has 11 heteroatoms. The fraction of sp³-hybridized carbons (Fsp3) is 0.300. The maximum absolute atomic E-state index is 9.85. The molecule has 7 N–H and O–H groups in total. The van der Waals surface area contributed by atoms with Gasteiger partial charge in [0, 0.05) is 10.4 Å². The van der Waals surface area contributed by atoms with Gasteiger partial charge in [-0.3, -0.25) is 8.42 Å². The van der Waals surface area contributed by atoms with E-state index < -0.39 is 16.5 Å². The highest BCUT2D eigenvalue weighted by Crippen LogP contribution is 2.33. The maximum atomic E-state index is 9.85. The minimum absolute atomic E-state index is 0.208. The first-order valence-electron chi connectivity index (χ1n) is 5.62. The number of ether oxygens (including phenoxy) is 2. The predicted octanol–water partition coefficient (Wildman–Crippen LogP) is -4.25. The molecule has 1 aromatic rings. The van der Waals surface area contributed by atoms with E-state index in [1.54, 1.807) is 23.5 Å². The third kappa shape index (κ3) is 6.87. The van der Waals surface area contributed by atoms with E-state index in [1.807, 2.05) is 0 Å². The lowest BCUT2D eigenvalue weighted by Crippen LogP contribution is -2.97. The summed E-state index contributed by atoms with van der Waals surface area (Å²) in [5.41, 5.74) is 6.04. The van der Waals surface area contributed by atoms with Crippen LogP contribution in [0.5, 0.6) is 11.5 Å². The molecule has 0 spiro atoms. The second-order valence-electron chi connectivity index (χ2n) is 3.98. The highest BCUT2D eigenvalue weighted by Gasteiger charge is 2.18. The zero-order valence-electron chi connectivity index (χ0n) is 10.8. The Bertz CT molecular complexity index is 597. The Morgan fingerprint density at radius 1 is 1.43 bits per heavy atom. The lowest BCUT2D eigenvalue weighted by atomic mass is 10.1. The van der Waals surface area contributed by atoms with E-state index >= 15 is 0 Å². The number of rotatable bonds is 3. The number of nitrogens with two attached hydrogens (primary N) is 3. The third-order valence-electron chi connectivity index (χ3n) is 2.36. The quantitative estimate of drug-likeness (QED) is 0.186. The lowest BCUT2D eigenvalue weighted by Gasteiger charge is -2.08. The van der Waals surface area contributed by atoms with Gasteiger partial charge in [0.1, 0.15) is 12.6 Å². The van der Waals surface area contributed by atoms with Crippen molar-refractivity contribution in [1.82, 2.24) is 0 Å². The monoisotopic (exact) mass is 321 g/mol. The Kier molecular flexibility index (Phi) is 5.87. The van der Waals surface area contributed by atoms with Crippen LogP contribution in [-0.4, -0.2) is 41.9 Å². The van der Waals surface area contributed by atoms with Crippen molar-refractivity contribution >= 4 is 16.4 Å². The number of aliphatic hydroxyl groups excluding tert-OH is 1. The molecule has 1 heterocycles. The van der Waals surface area contributed by atoms with E-state index in [2.05, 4.69) is 0 Å². The molecular weight excluding hydrogens is 306 g/mol. The number of benzene rings is 1. The van der Waals surface area contributed by atoms with Gasteiger partial charge in [-0.15, -0.1) is 0 Å². The normalized spacial score (nSPS) is 14.0. The molecule has 0 fully saturated rings. The van der Waals surface area contributed by atoms with Crippen molar-refractivity contribution in [3.8, 4) is 11.5 Å². The van der Waals surface area contributed by atoms with Crippen molar-refractivity contribution in [2.75, 3.05) is 13.3 Å². The molecule has 1 atom stereocenters. The molecule has 0 bridgehead atoms. The summed E-state index contributed by atoms with van der Waals surface area (Å²) in [5.74, 6) is 1.56. The van der Waals surface area contributed by atoms with Gasteiger partial charge in [0.2, 0.25) is 6.79 Å². The van der Waals surface area contributed by atoms with Crippen LogP contribution >= 0.6 is 0 Å². The fourth-order valence-electron chi connectivity index (χ4n) is 1.50. The fourth-order valence-corrected chi connectivity index (χ4v) is 1.50. The summed E-state index contributed by atoms with van der Waals surface area (Å²) in [5, 5.41) is 16.7. The van der Waals surface area contributed by atoms with Crippen molar-refractivity contribution in [2.24, 2.45) is 5.73 Å². The first kappa shape index (κ1) is 17.1. The van der Waals surface area contributed by atoms with Crippen molar-refractivity contribution in [3.63, 3.8) is 0 Å². The molecule has 2 rings (SSSR count). The van der Waals surface area contributed by atoms with Crippen LogP contribution in [-0.2, 0) is 10.4 Å². The molecule has 0 aliphatic carbocycles. The number of guanidine groups is 1. The standard InChI is InChI=1S/C10H13N3O3.H2O4S/c11-10(12)13-4-7(14)6-1-2-8-9(3-6)16-5-15-8;1-5(2,3)4/h1-3,7,14H,4-5H2,(H4,11,12,13);(H2,1,2,3,4). The number of quaternary nitrogens is 1. The highest BCUT2D eigenvalue weighted by molar-refractivity contribution is 7.79. The van der Waals surface area contributed by atoms with Gasteiger partial charge in [-0.2, -0.15) is 0 Å². The van der Waals surface area contributed by atoms with Crippen molar-refractivity contribution in [3.05, 3.63) is 23.8 Å². The van der Waals surface area contributed by atoms with Crippen LogP contribution in [0, 0.1) is 0 Å². The summed E-state index contributed by atoms with van der Waals surface area (Å²) in [7, 11) is -5.17. The minimum atomic E-state index is -5.17. The Morgan fingerprint density at radius 3 is 2.57 bits per heavy atom. The van der Waals surface area contributed by atoms with Crippen LogP contribution in [0.4, 0.5) is 0 Å². The molecule has 10 nitrogen and oxygen atoms in total. The number of hydrogen-bond donors (Lipinski definition) is 4. The topological polar surface area (TPSA) is 187 Å². The number of fused-ring (bicyclic) bond motifs is 1. The van der Waals surface area contributed by atoms with E-state index in [0.29, 0.717) is 18.0 Å². The van der Waals surface area contributed by atoms with Gasteiger partial charge in [0.15, 0.2) is 11.5 Å². The van der Waals surface area contributed by atoms with Crippen LogP contribution in [0.3, 0.4) is 0 Å². The summed E-state index contributed by atoms with van der Waals surface area (Å²) in [6, 6.07) is 5.32. The Labute approximate surface area is 120 Å². The van der Waals surface area contributed by atoms with Gasteiger partial charge in [-0.25, -0.2) is 16.5 Å². The summed E-state index contributed by atoms with van der Waals surface area (Å²) in [6.07, 6.45) is -0.642. The molecule has 0 saturated heterocycles. The van der Waals surface area contributed by atoms with Gasteiger partial charge in [0.25, 0.3) is 0 Å². The molecule has 118 valence electrons. The molecule has 0 radical (unpaired) electrons. The average Bonchev–Trinajstić information content (AvgIpc) is 2.80. The molecule has 21 heavy (non-hydrogen) atoms. The van der Waals surface area contributed by atoms with Crippen LogP contribution < -0.4 is 25.9 Å². The zero-order valence-corrected chi connectivity index (χ0v) is 11.6. The summed E-state index contributed by atoms with van der Waals surface area (Å²) >= 11 is 0. The lowest BCUT2D eigenvalue weighted by molar-refractivity contribution is -0.577. The predicted molar refractivity (Wildman–Crippen MR) is 65.9 cm³/mol. The molecule has 1 aliphatic rings. The second kappa shape index (κ2) is 7.19. The SMILES string of the molecule is NC(=[NH2+])[NH2+]CC(O)c1ccc2c(c1)OCO2.O=S(=O)([O-])[O-]. The first-order valence-corrected chi connectivity index (χ1v) is 6.95. The Balaban J connectivity index is 0.000000383. The van der Waals surface area contributed by atoms with Gasteiger partial charge < -0.3 is 23.7 Å². The minimum Gasteiger partial charge on any atom is -0.759 e. The third-order valence-corrected chi connectivity index (χ3v) is 2.36. The summed E-state index contributed by atoms with van der Waals surface area (Å²) < 4.78 is 44.5. The van der Waals surface area contributed by atoms with Gasteiger partial charge >= 0.3 is 5.96 Å². The van der Waals surface area contributed by atoms with Crippen molar-refractivity contribution < 1.29 is 42.8 Å². The van der Waals surface area contributed by atoms with Crippen LogP contribution in [0.25, 0.3) is 0 Å². The van der Waals surface area contributed by atoms with Gasteiger partial charge in [-0.1, -0.05) is 6.07 Å². The van der Waals surface area contributed by atoms with E-state index in [-0.39, 0.29) is 12.8 Å². The molecule has 0 aromatic heterocycles. The largest absolute Gasteiger partial charge is 0.759 e. The summed E-state index contributed by atoms with van der Waals surface area (Å²) in [4.78, 5) is 0. The molecule has 0 amide bonds. The second-order valence-corrected chi connectivity index (χ2v) is 4.79. The zero-order chi connectivity index (χ0) is 16.0. The molecule has 0 saturated carbocycles. The highest BCUT2D eigenvalue weighted by atomic mass is 32.3. The molecule has 1 aliphatic heterocycles. The maximum Gasteiger partial charge on any atom is 0.434 e. The number of hydrogen-bond acceptors (Lipinski definition) is 7. The van der Waals surface area contributed by atoms with Crippen molar-refractivity contribution in [2.45, 2.75) is 6.10 Å². The van der Waals surface area contributed by atoms with Crippen LogP contribution in [0.15, 0.2) is 18.2 Å². The number of aliphatic hydroxyl groups is 1. The van der Waals surface area contributed by atoms with Gasteiger partial charge in [-0.05, 0) is 17.7 Å². The van der Waals surface area contributed by atoms with E-state index in [1.165, 1.54) is 0 Å². The first-order chi connectivity index (χ1) is 9.66. The summed E-state index contributed by atoms with van der Waals surface area (Å²) in [6.45, 7) is 0.604. The average molecular weight is 321 g/mol.